The van der Waals surface area contributed by atoms with Gasteiger partial charge in [-0.1, -0.05) is 64.5 Å². The Morgan fingerprint density at radius 1 is 0.571 bits per heavy atom. The van der Waals surface area contributed by atoms with Crippen LogP contribution in [-0.2, 0) is 0 Å². The lowest BCUT2D eigenvalue weighted by Gasteiger charge is -1.96. The van der Waals surface area contributed by atoms with E-state index in [9.17, 15) is 0 Å². The van der Waals surface area contributed by atoms with Crippen LogP contribution in [0.1, 0.15) is 78.1 Å². The molecular weight excluding hydrogens is 168 g/mol. The van der Waals surface area contributed by atoms with E-state index in [1.54, 1.807) is 0 Å². The van der Waals surface area contributed by atoms with E-state index in [1.807, 2.05) is 0 Å². The van der Waals surface area contributed by atoms with Crippen molar-refractivity contribution in [3.63, 3.8) is 0 Å². The van der Waals surface area contributed by atoms with Gasteiger partial charge >= 0.3 is 0 Å². The van der Waals surface area contributed by atoms with E-state index in [4.69, 9.17) is 0 Å². The van der Waals surface area contributed by atoms with Gasteiger partial charge in [0, 0.05) is 0 Å². The first-order chi connectivity index (χ1) is 6.91. The van der Waals surface area contributed by atoms with Crippen molar-refractivity contribution >= 4 is 0 Å². The van der Waals surface area contributed by atoms with Gasteiger partial charge in [0.05, 0.1) is 0 Å². The molecule has 84 valence electrons. The van der Waals surface area contributed by atoms with Crippen molar-refractivity contribution in [3.05, 3.63) is 12.2 Å². The van der Waals surface area contributed by atoms with Gasteiger partial charge in [-0.2, -0.15) is 0 Å². The lowest BCUT2D eigenvalue weighted by Crippen LogP contribution is -1.76. The van der Waals surface area contributed by atoms with Gasteiger partial charge in [-0.3, -0.25) is 0 Å². The third kappa shape index (κ3) is 11.7. The highest BCUT2D eigenvalue weighted by Crippen LogP contribution is 2.06. The second kappa shape index (κ2) is 12.7. The van der Waals surface area contributed by atoms with Gasteiger partial charge in [-0.05, 0) is 25.7 Å². The summed E-state index contributed by atoms with van der Waals surface area (Å²) in [6.45, 7) is 4.53. The minimum Gasteiger partial charge on any atom is -0.0885 e. The second-order valence-electron chi connectivity index (χ2n) is 4.17. The summed E-state index contributed by atoms with van der Waals surface area (Å²) in [5, 5.41) is 0. The highest BCUT2D eigenvalue weighted by Gasteiger charge is 1.86. The van der Waals surface area contributed by atoms with Crippen LogP contribution in [0.15, 0.2) is 12.2 Å². The summed E-state index contributed by atoms with van der Waals surface area (Å²) in [5.41, 5.74) is 0. The van der Waals surface area contributed by atoms with E-state index in [0.29, 0.717) is 0 Å². The molecule has 0 amide bonds. The fourth-order valence-electron chi connectivity index (χ4n) is 1.61. The average Bonchev–Trinajstić information content (AvgIpc) is 2.21. The molecule has 0 atom stereocenters. The molecule has 0 aromatic heterocycles. The lowest BCUT2D eigenvalue weighted by atomic mass is 10.1. The summed E-state index contributed by atoms with van der Waals surface area (Å²) in [4.78, 5) is 0. The molecule has 0 rings (SSSR count). The van der Waals surface area contributed by atoms with Crippen molar-refractivity contribution < 1.29 is 0 Å². The minimum absolute atomic E-state index is 1.29. The molecule has 0 aliphatic heterocycles. The van der Waals surface area contributed by atoms with Crippen LogP contribution in [0.2, 0.25) is 0 Å². The summed E-state index contributed by atoms with van der Waals surface area (Å²) >= 11 is 0. The molecule has 0 spiro atoms. The molecule has 0 bridgehead atoms. The van der Waals surface area contributed by atoms with Crippen LogP contribution in [0.4, 0.5) is 0 Å². The summed E-state index contributed by atoms with van der Waals surface area (Å²) in [7, 11) is 0. The monoisotopic (exact) mass is 196 g/mol. The van der Waals surface area contributed by atoms with Gasteiger partial charge in [0.15, 0.2) is 0 Å². The van der Waals surface area contributed by atoms with Gasteiger partial charge in [-0.15, -0.1) is 0 Å². The van der Waals surface area contributed by atoms with Crippen LogP contribution in [0.3, 0.4) is 0 Å². The highest BCUT2D eigenvalue weighted by atomic mass is 13.9. The molecule has 14 heavy (non-hydrogen) atoms. The highest BCUT2D eigenvalue weighted by molar-refractivity contribution is 4.81. The first kappa shape index (κ1) is 13.7. The van der Waals surface area contributed by atoms with Gasteiger partial charge in [0.25, 0.3) is 0 Å². The molecule has 0 fully saturated rings. The van der Waals surface area contributed by atoms with Crippen LogP contribution >= 0.6 is 0 Å². The van der Waals surface area contributed by atoms with E-state index in [1.165, 1.54) is 64.2 Å². The van der Waals surface area contributed by atoms with Crippen LogP contribution in [0.25, 0.3) is 0 Å². The summed E-state index contributed by atoms with van der Waals surface area (Å²) < 4.78 is 0. The molecule has 0 heteroatoms. The molecule has 0 aliphatic carbocycles. The van der Waals surface area contributed by atoms with Crippen molar-refractivity contribution in [1.82, 2.24) is 0 Å². The van der Waals surface area contributed by atoms with Gasteiger partial charge in [0.2, 0.25) is 0 Å². The molecule has 0 aromatic carbocycles. The maximum atomic E-state index is 2.38. The Morgan fingerprint density at radius 3 is 1.57 bits per heavy atom. The lowest BCUT2D eigenvalue weighted by molar-refractivity contribution is 0.636. The third-order valence-electron chi connectivity index (χ3n) is 2.62. The normalized spacial score (nSPS) is 11.3. The first-order valence-electron chi connectivity index (χ1n) is 6.56. The zero-order valence-corrected chi connectivity index (χ0v) is 10.2. The van der Waals surface area contributed by atoms with E-state index < -0.39 is 0 Å². The van der Waals surface area contributed by atoms with Crippen LogP contribution in [0.5, 0.6) is 0 Å². The van der Waals surface area contributed by atoms with E-state index in [-0.39, 0.29) is 0 Å². The maximum Gasteiger partial charge on any atom is -0.0351 e. The standard InChI is InChI=1S/C14H28/c1-3-5-7-9-11-13-14-12-10-8-6-4-2/h11,13H,3-10,12,14H2,1-2H3/b13-11-. The van der Waals surface area contributed by atoms with Crippen LogP contribution in [-0.4, -0.2) is 0 Å². The quantitative estimate of drug-likeness (QED) is 0.320. The Bertz CT molecular complexity index is 113. The summed E-state index contributed by atoms with van der Waals surface area (Å²) in [6.07, 6.45) is 18.5. The Kier molecular flexibility index (Phi) is 12.5. The number of rotatable bonds is 10. The largest absolute Gasteiger partial charge is 0.0885 e. The van der Waals surface area contributed by atoms with Crippen LogP contribution in [0, 0.1) is 0 Å². The molecule has 0 heterocycles. The van der Waals surface area contributed by atoms with Crippen molar-refractivity contribution in [2.24, 2.45) is 0 Å². The molecule has 0 aliphatic rings. The fourth-order valence-corrected chi connectivity index (χ4v) is 1.61. The van der Waals surface area contributed by atoms with Crippen LogP contribution < -0.4 is 0 Å². The number of hydrogen-bond acceptors (Lipinski definition) is 0. The Morgan fingerprint density at radius 2 is 1.00 bits per heavy atom. The zero-order chi connectivity index (χ0) is 10.5. The number of unbranched alkanes of at least 4 members (excludes halogenated alkanes) is 8. The Balaban J connectivity index is 2.96. The number of hydrogen-bond donors (Lipinski definition) is 0. The molecule has 0 aromatic rings. The van der Waals surface area contributed by atoms with Crippen molar-refractivity contribution in [1.29, 1.82) is 0 Å². The van der Waals surface area contributed by atoms with E-state index in [0.717, 1.165) is 0 Å². The predicted molar refractivity (Wildman–Crippen MR) is 66.7 cm³/mol. The zero-order valence-electron chi connectivity index (χ0n) is 10.2. The average molecular weight is 196 g/mol. The van der Waals surface area contributed by atoms with Crippen molar-refractivity contribution in [3.8, 4) is 0 Å². The minimum atomic E-state index is 1.29. The van der Waals surface area contributed by atoms with E-state index in [2.05, 4.69) is 26.0 Å². The van der Waals surface area contributed by atoms with Gasteiger partial charge in [-0.25, -0.2) is 0 Å². The van der Waals surface area contributed by atoms with Gasteiger partial charge < -0.3 is 0 Å². The molecule has 0 nitrogen and oxygen atoms in total. The Labute approximate surface area is 90.8 Å². The van der Waals surface area contributed by atoms with Gasteiger partial charge in [0.1, 0.15) is 0 Å². The molecular formula is C14H28. The predicted octanol–water partition coefficient (Wildman–Crippen LogP) is 5.48. The molecule has 0 unspecified atom stereocenters. The molecule has 0 radical (unpaired) electrons. The fraction of sp³-hybridized carbons (Fsp3) is 0.857. The third-order valence-corrected chi connectivity index (χ3v) is 2.62. The SMILES string of the molecule is CCCCC/C=C\CCCCCCC. The summed E-state index contributed by atoms with van der Waals surface area (Å²) in [5.74, 6) is 0. The molecule has 0 N–H and O–H groups in total. The first-order valence-corrected chi connectivity index (χ1v) is 6.56. The second-order valence-corrected chi connectivity index (χ2v) is 4.17. The topological polar surface area (TPSA) is 0 Å². The summed E-state index contributed by atoms with van der Waals surface area (Å²) in [6, 6.07) is 0. The smallest absolute Gasteiger partial charge is 0.0351 e. The maximum absolute atomic E-state index is 2.38. The molecule has 0 saturated carbocycles. The van der Waals surface area contributed by atoms with E-state index >= 15 is 0 Å². The van der Waals surface area contributed by atoms with Crippen molar-refractivity contribution in [2.45, 2.75) is 78.1 Å². The Hall–Kier alpha value is -0.260. The number of allylic oxidation sites excluding steroid dienone is 2. The molecule has 0 saturated heterocycles. The van der Waals surface area contributed by atoms with Crippen molar-refractivity contribution in [2.75, 3.05) is 0 Å².